The van der Waals surface area contributed by atoms with Crippen molar-refractivity contribution in [2.45, 2.75) is 64.1 Å². The van der Waals surface area contributed by atoms with Gasteiger partial charge in [-0.2, -0.15) is 0 Å². The van der Waals surface area contributed by atoms with E-state index in [9.17, 15) is 4.79 Å². The molecule has 3 atom stereocenters. The molecule has 2 saturated heterocycles. The molecule has 0 bridgehead atoms. The van der Waals surface area contributed by atoms with E-state index in [2.05, 4.69) is 27.8 Å². The third kappa shape index (κ3) is 2.89. The van der Waals surface area contributed by atoms with Crippen LogP contribution in [0.2, 0.25) is 0 Å². The zero-order valence-electron chi connectivity index (χ0n) is 13.7. The molecule has 1 aromatic rings. The Bertz CT molecular complexity index is 504. The fraction of sp³-hybridized carbons (Fsp3) is 0.667. The summed E-state index contributed by atoms with van der Waals surface area (Å²) in [6.45, 7) is 6.33. The lowest BCUT2D eigenvalue weighted by molar-refractivity contribution is -0.132. The monoisotopic (exact) mass is 301 g/mol. The molecule has 4 nitrogen and oxygen atoms in total. The van der Waals surface area contributed by atoms with Crippen LogP contribution in [0, 0.1) is 0 Å². The van der Waals surface area contributed by atoms with E-state index in [4.69, 9.17) is 0 Å². The highest BCUT2D eigenvalue weighted by Crippen LogP contribution is 2.35. The summed E-state index contributed by atoms with van der Waals surface area (Å²) in [5, 5.41) is 0. The van der Waals surface area contributed by atoms with Gasteiger partial charge < -0.3 is 4.90 Å². The van der Waals surface area contributed by atoms with E-state index in [0.29, 0.717) is 30.5 Å². The van der Waals surface area contributed by atoms with Gasteiger partial charge in [-0.05, 0) is 50.8 Å². The third-order valence-electron chi connectivity index (χ3n) is 5.37. The van der Waals surface area contributed by atoms with Gasteiger partial charge in [0.25, 0.3) is 0 Å². The number of hydrogen-bond donors (Lipinski definition) is 0. The minimum Gasteiger partial charge on any atom is -0.338 e. The Hall–Kier alpha value is -1.42. The van der Waals surface area contributed by atoms with Crippen molar-refractivity contribution in [2.75, 3.05) is 13.1 Å². The van der Waals surface area contributed by atoms with Crippen molar-refractivity contribution in [1.82, 2.24) is 14.8 Å². The second-order valence-electron chi connectivity index (χ2n) is 6.56. The van der Waals surface area contributed by atoms with Gasteiger partial charge >= 0.3 is 0 Å². The molecule has 1 aromatic heterocycles. The minimum absolute atomic E-state index is 0.323. The maximum Gasteiger partial charge on any atom is 0.222 e. The van der Waals surface area contributed by atoms with Gasteiger partial charge in [-0.1, -0.05) is 13.0 Å². The Morgan fingerprint density at radius 3 is 2.82 bits per heavy atom. The largest absolute Gasteiger partial charge is 0.338 e. The summed E-state index contributed by atoms with van der Waals surface area (Å²) < 4.78 is 0. The van der Waals surface area contributed by atoms with Gasteiger partial charge in [0.05, 0.1) is 0 Å². The molecule has 4 heteroatoms. The number of pyridine rings is 1. The summed E-state index contributed by atoms with van der Waals surface area (Å²) in [5.74, 6) is 0.323. The first-order valence-corrected chi connectivity index (χ1v) is 8.67. The number of amides is 1. The third-order valence-corrected chi connectivity index (χ3v) is 5.37. The van der Waals surface area contributed by atoms with Crippen LogP contribution >= 0.6 is 0 Å². The fourth-order valence-electron chi connectivity index (χ4n) is 4.23. The SMILES string of the molecule is CCC(=O)N1CCC[C@@H]1[C@H]1CCCN1[C@@H](C)c1cccnc1. The maximum atomic E-state index is 12.2. The molecule has 0 radical (unpaired) electrons. The summed E-state index contributed by atoms with van der Waals surface area (Å²) in [7, 11) is 0. The number of aromatic nitrogens is 1. The molecule has 3 rings (SSSR count). The Labute approximate surface area is 133 Å². The predicted molar refractivity (Wildman–Crippen MR) is 87.4 cm³/mol. The number of hydrogen-bond acceptors (Lipinski definition) is 3. The van der Waals surface area contributed by atoms with Crippen LogP contribution in [-0.2, 0) is 4.79 Å². The molecule has 0 aromatic carbocycles. The van der Waals surface area contributed by atoms with Crippen LogP contribution in [0.4, 0.5) is 0 Å². The van der Waals surface area contributed by atoms with Crippen LogP contribution in [0.5, 0.6) is 0 Å². The molecule has 0 N–H and O–H groups in total. The van der Waals surface area contributed by atoms with E-state index >= 15 is 0 Å². The lowest BCUT2D eigenvalue weighted by Gasteiger charge is -2.38. The molecule has 1 amide bonds. The van der Waals surface area contributed by atoms with Crippen molar-refractivity contribution >= 4 is 5.91 Å². The molecule has 2 aliphatic heterocycles. The zero-order valence-corrected chi connectivity index (χ0v) is 13.7. The molecule has 3 heterocycles. The number of carbonyl (C=O) groups excluding carboxylic acids is 1. The first-order valence-electron chi connectivity index (χ1n) is 8.67. The second-order valence-corrected chi connectivity index (χ2v) is 6.56. The van der Waals surface area contributed by atoms with Crippen molar-refractivity contribution in [3.05, 3.63) is 30.1 Å². The summed E-state index contributed by atoms with van der Waals surface area (Å²) in [4.78, 5) is 21.2. The lowest BCUT2D eigenvalue weighted by atomic mass is 10.00. The van der Waals surface area contributed by atoms with Crippen molar-refractivity contribution in [3.63, 3.8) is 0 Å². The highest BCUT2D eigenvalue weighted by Gasteiger charge is 2.40. The number of nitrogens with zero attached hydrogens (tertiary/aromatic N) is 3. The number of carbonyl (C=O) groups is 1. The van der Waals surface area contributed by atoms with Gasteiger partial charge in [0, 0.05) is 43.5 Å². The van der Waals surface area contributed by atoms with Gasteiger partial charge in [-0.3, -0.25) is 14.7 Å². The minimum atomic E-state index is 0.323. The summed E-state index contributed by atoms with van der Waals surface area (Å²) in [5.41, 5.74) is 1.28. The molecule has 0 aliphatic carbocycles. The molecule has 0 saturated carbocycles. The quantitative estimate of drug-likeness (QED) is 0.858. The highest BCUT2D eigenvalue weighted by atomic mass is 16.2. The predicted octanol–water partition coefficient (Wildman–Crippen LogP) is 3.01. The number of likely N-dealkylation sites (tertiary alicyclic amines) is 2. The van der Waals surface area contributed by atoms with Gasteiger partial charge in [0.1, 0.15) is 0 Å². The topological polar surface area (TPSA) is 36.4 Å². The van der Waals surface area contributed by atoms with Crippen LogP contribution in [-0.4, -0.2) is 45.9 Å². The van der Waals surface area contributed by atoms with E-state index in [-0.39, 0.29) is 0 Å². The first kappa shape index (κ1) is 15.5. The van der Waals surface area contributed by atoms with E-state index in [1.54, 1.807) is 0 Å². The molecule has 22 heavy (non-hydrogen) atoms. The van der Waals surface area contributed by atoms with Gasteiger partial charge in [0.2, 0.25) is 5.91 Å². The van der Waals surface area contributed by atoms with E-state index in [1.165, 1.54) is 18.4 Å². The Morgan fingerprint density at radius 2 is 2.09 bits per heavy atom. The second kappa shape index (κ2) is 6.78. The van der Waals surface area contributed by atoms with Crippen LogP contribution in [0.15, 0.2) is 24.5 Å². The average molecular weight is 301 g/mol. The molecule has 0 spiro atoms. The smallest absolute Gasteiger partial charge is 0.222 e. The van der Waals surface area contributed by atoms with E-state index in [0.717, 1.165) is 25.9 Å². The lowest BCUT2D eigenvalue weighted by Crippen LogP contribution is -2.48. The standard InChI is InChI=1S/C18H27N3O/c1-3-18(22)21-12-6-9-17(21)16-8-5-11-20(16)14(2)15-7-4-10-19-13-15/h4,7,10,13-14,16-17H,3,5-6,8-9,11-12H2,1-2H3/t14-,16+,17+/m0/s1. The normalized spacial score (nSPS) is 27.3. The molecule has 120 valence electrons. The van der Waals surface area contributed by atoms with Crippen molar-refractivity contribution in [3.8, 4) is 0 Å². The fourth-order valence-corrected chi connectivity index (χ4v) is 4.23. The maximum absolute atomic E-state index is 12.2. The van der Waals surface area contributed by atoms with E-state index < -0.39 is 0 Å². The Kier molecular flexibility index (Phi) is 4.77. The van der Waals surface area contributed by atoms with E-state index in [1.807, 2.05) is 25.4 Å². The van der Waals surface area contributed by atoms with Gasteiger partial charge in [-0.15, -0.1) is 0 Å². The Morgan fingerprint density at radius 1 is 1.32 bits per heavy atom. The van der Waals surface area contributed by atoms with Crippen LogP contribution in [0.25, 0.3) is 0 Å². The highest BCUT2D eigenvalue weighted by molar-refractivity contribution is 5.76. The number of rotatable bonds is 4. The molecule has 2 fully saturated rings. The molecular weight excluding hydrogens is 274 g/mol. The summed E-state index contributed by atoms with van der Waals surface area (Å²) >= 11 is 0. The zero-order chi connectivity index (χ0) is 15.5. The van der Waals surface area contributed by atoms with Gasteiger partial charge in [0.15, 0.2) is 0 Å². The molecule has 0 unspecified atom stereocenters. The summed E-state index contributed by atoms with van der Waals surface area (Å²) in [6.07, 6.45) is 9.19. The van der Waals surface area contributed by atoms with Crippen LogP contribution in [0.1, 0.15) is 57.6 Å². The van der Waals surface area contributed by atoms with Gasteiger partial charge in [-0.25, -0.2) is 0 Å². The average Bonchev–Trinajstić information content (AvgIpc) is 3.22. The molecule has 2 aliphatic rings. The van der Waals surface area contributed by atoms with Crippen molar-refractivity contribution < 1.29 is 4.79 Å². The van der Waals surface area contributed by atoms with Crippen molar-refractivity contribution in [2.24, 2.45) is 0 Å². The Balaban J connectivity index is 1.77. The van der Waals surface area contributed by atoms with Crippen molar-refractivity contribution in [1.29, 1.82) is 0 Å². The molecular formula is C18H27N3O. The van der Waals surface area contributed by atoms with Crippen LogP contribution < -0.4 is 0 Å². The first-order chi connectivity index (χ1) is 10.7. The van der Waals surface area contributed by atoms with Crippen LogP contribution in [0.3, 0.4) is 0 Å². The summed E-state index contributed by atoms with van der Waals surface area (Å²) in [6, 6.07) is 5.47.